The van der Waals surface area contributed by atoms with E-state index >= 15 is 0 Å². The van der Waals surface area contributed by atoms with Gasteiger partial charge in [0.2, 0.25) is 5.88 Å². The summed E-state index contributed by atoms with van der Waals surface area (Å²) >= 11 is 0. The van der Waals surface area contributed by atoms with Gasteiger partial charge in [0.25, 0.3) is 0 Å². The zero-order chi connectivity index (χ0) is 14.4. The van der Waals surface area contributed by atoms with E-state index in [1.54, 1.807) is 0 Å². The second-order valence-corrected chi connectivity index (χ2v) is 6.86. The van der Waals surface area contributed by atoms with Crippen LogP contribution < -0.4 is 10.1 Å². The van der Waals surface area contributed by atoms with E-state index in [0.29, 0.717) is 12.5 Å². The lowest BCUT2D eigenvalue weighted by Gasteiger charge is -2.31. The number of anilines is 1. The molecule has 1 aliphatic carbocycles. The third-order valence-corrected chi connectivity index (χ3v) is 5.40. The zero-order valence-electron chi connectivity index (χ0n) is 12.2. The van der Waals surface area contributed by atoms with Crippen LogP contribution in [0.1, 0.15) is 39.5 Å². The Labute approximate surface area is 123 Å². The number of hydrogen-bond acceptors (Lipinski definition) is 5. The Kier molecular flexibility index (Phi) is 5.76. The third kappa shape index (κ3) is 3.91. The number of nitrogens with one attached hydrogen (secondary N) is 1. The fraction of sp³-hybridized carbons (Fsp3) is 0.714. The van der Waals surface area contributed by atoms with Crippen LogP contribution in [-0.4, -0.2) is 37.8 Å². The van der Waals surface area contributed by atoms with Crippen molar-refractivity contribution in [2.75, 3.05) is 17.7 Å². The standard InChI is InChI=1S/C14H23N3O2S/c1-3-19-14-9-13(15-10-16-14)17-11-7-5-6-8-12(11)20(18)4-2/h9-12H,3-8H2,1-2H3,(H,15,16,17)/t11-,12+,20+/m1/s1. The van der Waals surface area contributed by atoms with E-state index in [-0.39, 0.29) is 11.3 Å². The van der Waals surface area contributed by atoms with Crippen molar-refractivity contribution in [2.24, 2.45) is 0 Å². The average molecular weight is 297 g/mol. The van der Waals surface area contributed by atoms with Crippen LogP contribution in [0, 0.1) is 0 Å². The number of nitrogens with zero attached hydrogens (tertiary/aromatic N) is 2. The van der Waals surface area contributed by atoms with Gasteiger partial charge in [0.1, 0.15) is 12.1 Å². The summed E-state index contributed by atoms with van der Waals surface area (Å²) in [7, 11) is -0.763. The van der Waals surface area contributed by atoms with Gasteiger partial charge in [-0.05, 0) is 19.8 Å². The van der Waals surface area contributed by atoms with E-state index in [0.717, 1.165) is 24.4 Å². The predicted molar refractivity (Wildman–Crippen MR) is 81.6 cm³/mol. The minimum absolute atomic E-state index is 0.222. The average Bonchev–Trinajstić information content (AvgIpc) is 2.48. The molecule has 3 atom stereocenters. The van der Waals surface area contributed by atoms with Gasteiger partial charge >= 0.3 is 0 Å². The second kappa shape index (κ2) is 7.57. The molecular formula is C14H23N3O2S. The Hall–Kier alpha value is -1.17. The van der Waals surface area contributed by atoms with Crippen molar-refractivity contribution in [3.8, 4) is 5.88 Å². The highest BCUT2D eigenvalue weighted by Crippen LogP contribution is 2.26. The molecule has 1 aromatic rings. The van der Waals surface area contributed by atoms with E-state index in [9.17, 15) is 4.21 Å². The minimum Gasteiger partial charge on any atom is -0.478 e. The van der Waals surface area contributed by atoms with Crippen LogP contribution in [-0.2, 0) is 10.8 Å². The summed E-state index contributed by atoms with van der Waals surface area (Å²) in [5.41, 5.74) is 0. The molecule has 2 rings (SSSR count). The van der Waals surface area contributed by atoms with E-state index in [4.69, 9.17) is 4.74 Å². The summed E-state index contributed by atoms with van der Waals surface area (Å²) in [6.45, 7) is 4.50. The van der Waals surface area contributed by atoms with Crippen molar-refractivity contribution in [2.45, 2.75) is 50.8 Å². The lowest BCUT2D eigenvalue weighted by atomic mass is 9.95. The first-order chi connectivity index (χ1) is 9.74. The number of ether oxygens (including phenoxy) is 1. The fourth-order valence-corrected chi connectivity index (χ4v) is 4.05. The highest BCUT2D eigenvalue weighted by molar-refractivity contribution is 7.85. The maximum Gasteiger partial charge on any atom is 0.218 e. The molecule has 0 bridgehead atoms. The third-order valence-electron chi connectivity index (χ3n) is 3.59. The van der Waals surface area contributed by atoms with E-state index in [1.165, 1.54) is 19.2 Å². The van der Waals surface area contributed by atoms with Crippen LogP contribution in [0.25, 0.3) is 0 Å². The van der Waals surface area contributed by atoms with Gasteiger partial charge in [0, 0.05) is 28.7 Å². The fourth-order valence-electron chi connectivity index (χ4n) is 2.63. The highest BCUT2D eigenvalue weighted by Gasteiger charge is 2.29. The minimum atomic E-state index is -0.763. The molecule has 0 spiro atoms. The molecule has 0 aliphatic heterocycles. The molecule has 1 saturated carbocycles. The molecule has 1 fully saturated rings. The topological polar surface area (TPSA) is 64.1 Å². The molecular weight excluding hydrogens is 274 g/mol. The number of rotatable bonds is 6. The van der Waals surface area contributed by atoms with Crippen LogP contribution in [0.5, 0.6) is 5.88 Å². The van der Waals surface area contributed by atoms with Crippen molar-refractivity contribution in [1.82, 2.24) is 9.97 Å². The SMILES string of the molecule is CCOc1cc(N[C@@H]2CCCC[C@@H]2[S@@](=O)CC)ncn1. The van der Waals surface area contributed by atoms with Crippen molar-refractivity contribution in [3.63, 3.8) is 0 Å². The molecule has 0 amide bonds. The molecule has 112 valence electrons. The maximum atomic E-state index is 12.2. The van der Waals surface area contributed by atoms with Gasteiger partial charge in [-0.1, -0.05) is 19.8 Å². The molecule has 1 aliphatic rings. The molecule has 1 heterocycles. The van der Waals surface area contributed by atoms with Gasteiger partial charge in [-0.2, -0.15) is 0 Å². The predicted octanol–water partition coefficient (Wildman–Crippen LogP) is 2.37. The molecule has 0 radical (unpaired) electrons. The first-order valence-electron chi connectivity index (χ1n) is 7.33. The quantitative estimate of drug-likeness (QED) is 0.873. The van der Waals surface area contributed by atoms with Gasteiger partial charge < -0.3 is 10.1 Å². The van der Waals surface area contributed by atoms with Crippen LogP contribution in [0.3, 0.4) is 0 Å². The first-order valence-corrected chi connectivity index (χ1v) is 8.71. The van der Waals surface area contributed by atoms with Crippen LogP contribution in [0.15, 0.2) is 12.4 Å². The molecule has 1 aromatic heterocycles. The van der Waals surface area contributed by atoms with E-state index in [1.807, 2.05) is 19.9 Å². The molecule has 5 nitrogen and oxygen atoms in total. The largest absolute Gasteiger partial charge is 0.478 e. The van der Waals surface area contributed by atoms with Crippen LogP contribution >= 0.6 is 0 Å². The highest BCUT2D eigenvalue weighted by atomic mass is 32.2. The second-order valence-electron chi connectivity index (χ2n) is 4.92. The van der Waals surface area contributed by atoms with Crippen molar-refractivity contribution in [1.29, 1.82) is 0 Å². The van der Waals surface area contributed by atoms with E-state index in [2.05, 4.69) is 15.3 Å². The Morgan fingerprint density at radius 1 is 1.35 bits per heavy atom. The number of aromatic nitrogens is 2. The summed E-state index contributed by atoms with van der Waals surface area (Å²) < 4.78 is 17.5. The molecule has 6 heteroatoms. The normalized spacial score (nSPS) is 24.1. The van der Waals surface area contributed by atoms with Crippen molar-refractivity contribution < 1.29 is 8.95 Å². The lowest BCUT2D eigenvalue weighted by molar-refractivity contribution is 0.326. The number of hydrogen-bond donors (Lipinski definition) is 1. The maximum absolute atomic E-state index is 12.2. The molecule has 1 N–H and O–H groups in total. The van der Waals surface area contributed by atoms with Gasteiger partial charge in [0.15, 0.2) is 0 Å². The Balaban J connectivity index is 2.06. The van der Waals surface area contributed by atoms with Gasteiger partial charge in [-0.3, -0.25) is 4.21 Å². The van der Waals surface area contributed by atoms with Gasteiger partial charge in [0.05, 0.1) is 11.9 Å². The van der Waals surface area contributed by atoms with Crippen molar-refractivity contribution >= 4 is 16.6 Å². The van der Waals surface area contributed by atoms with Crippen LogP contribution in [0.4, 0.5) is 5.82 Å². The first kappa shape index (κ1) is 15.2. The van der Waals surface area contributed by atoms with Crippen LogP contribution in [0.2, 0.25) is 0 Å². The smallest absolute Gasteiger partial charge is 0.218 e. The molecule has 0 unspecified atom stereocenters. The Morgan fingerprint density at radius 3 is 2.90 bits per heavy atom. The lowest BCUT2D eigenvalue weighted by Crippen LogP contribution is -2.40. The monoisotopic (exact) mass is 297 g/mol. The molecule has 0 saturated heterocycles. The summed E-state index contributed by atoms with van der Waals surface area (Å²) in [4.78, 5) is 8.29. The van der Waals surface area contributed by atoms with Crippen molar-refractivity contribution in [3.05, 3.63) is 12.4 Å². The summed E-state index contributed by atoms with van der Waals surface area (Å²) in [6.07, 6.45) is 5.93. The Morgan fingerprint density at radius 2 is 2.15 bits per heavy atom. The Bertz CT molecular complexity index is 456. The summed E-state index contributed by atoms with van der Waals surface area (Å²) in [5.74, 6) is 2.05. The zero-order valence-corrected chi connectivity index (χ0v) is 13.0. The molecule has 20 heavy (non-hydrogen) atoms. The van der Waals surface area contributed by atoms with E-state index < -0.39 is 10.8 Å². The summed E-state index contributed by atoms with van der Waals surface area (Å²) in [5, 5.41) is 3.64. The van der Waals surface area contributed by atoms with Gasteiger partial charge in [-0.25, -0.2) is 9.97 Å². The molecule has 0 aromatic carbocycles. The van der Waals surface area contributed by atoms with Gasteiger partial charge in [-0.15, -0.1) is 0 Å². The summed E-state index contributed by atoms with van der Waals surface area (Å²) in [6, 6.07) is 2.04.